The fourth-order valence-electron chi connectivity index (χ4n) is 5.14. The van der Waals surface area contributed by atoms with E-state index in [1.807, 2.05) is 36.4 Å². The highest BCUT2D eigenvalue weighted by atomic mass is 16.6. The Morgan fingerprint density at radius 3 is 2.71 bits per heavy atom. The predicted octanol–water partition coefficient (Wildman–Crippen LogP) is 3.33. The smallest absolute Gasteiger partial charge is 0.325 e. The topological polar surface area (TPSA) is 101 Å². The summed E-state index contributed by atoms with van der Waals surface area (Å²) in [4.78, 5) is 42.2. The zero-order valence-corrected chi connectivity index (χ0v) is 19.3. The van der Waals surface area contributed by atoms with Gasteiger partial charge in [0.1, 0.15) is 31.1 Å². The molecule has 0 spiro atoms. The molecule has 4 heterocycles. The molecular weight excluding hydrogens is 450 g/mol. The molecule has 0 saturated carbocycles. The molecule has 3 aromatic rings. The van der Waals surface area contributed by atoms with Crippen molar-refractivity contribution in [2.75, 3.05) is 26.3 Å². The zero-order valence-electron chi connectivity index (χ0n) is 19.3. The molecular formula is C26H25N3O6. The number of fused-ring (bicyclic) bond motifs is 2. The molecule has 0 radical (unpaired) electrons. The Labute approximate surface area is 201 Å². The van der Waals surface area contributed by atoms with Crippen molar-refractivity contribution in [2.24, 2.45) is 0 Å². The lowest BCUT2D eigenvalue weighted by Gasteiger charge is -2.28. The number of benzene rings is 2. The van der Waals surface area contributed by atoms with Gasteiger partial charge in [-0.15, -0.1) is 0 Å². The van der Waals surface area contributed by atoms with Crippen LogP contribution in [0.2, 0.25) is 0 Å². The molecule has 3 aliphatic rings. The van der Waals surface area contributed by atoms with E-state index in [9.17, 15) is 14.4 Å². The van der Waals surface area contributed by atoms with Crippen LogP contribution in [-0.2, 0) is 15.1 Å². The molecule has 2 saturated heterocycles. The first-order valence-corrected chi connectivity index (χ1v) is 11.8. The van der Waals surface area contributed by atoms with Crippen molar-refractivity contribution in [1.29, 1.82) is 0 Å². The number of amides is 4. The molecule has 9 heteroatoms. The quantitative estimate of drug-likeness (QED) is 0.581. The Morgan fingerprint density at radius 2 is 1.89 bits per heavy atom. The molecule has 0 bridgehead atoms. The lowest BCUT2D eigenvalue weighted by molar-refractivity contribution is -0.139. The van der Waals surface area contributed by atoms with E-state index in [1.54, 1.807) is 24.0 Å². The lowest BCUT2D eigenvalue weighted by atomic mass is 9.99. The van der Waals surface area contributed by atoms with E-state index < -0.39 is 17.5 Å². The maximum Gasteiger partial charge on any atom is 0.325 e. The summed E-state index contributed by atoms with van der Waals surface area (Å²) in [5.41, 5.74) is 0.195. The van der Waals surface area contributed by atoms with Gasteiger partial charge >= 0.3 is 6.03 Å². The number of carbonyl (C=O) groups excluding carboxylic acids is 3. The van der Waals surface area contributed by atoms with Gasteiger partial charge < -0.3 is 24.1 Å². The van der Waals surface area contributed by atoms with Crippen LogP contribution in [0.25, 0.3) is 11.0 Å². The summed E-state index contributed by atoms with van der Waals surface area (Å²) >= 11 is 0. The maximum absolute atomic E-state index is 13.4. The number of hydrogen-bond acceptors (Lipinski definition) is 6. The third kappa shape index (κ3) is 3.50. The van der Waals surface area contributed by atoms with Crippen molar-refractivity contribution in [3.05, 3.63) is 59.9 Å². The molecule has 0 unspecified atom stereocenters. The van der Waals surface area contributed by atoms with E-state index in [-0.39, 0.29) is 18.5 Å². The second kappa shape index (κ2) is 8.04. The second-order valence-corrected chi connectivity index (χ2v) is 9.24. The van der Waals surface area contributed by atoms with Crippen molar-refractivity contribution in [3.63, 3.8) is 0 Å². The largest absolute Gasteiger partial charge is 0.486 e. The van der Waals surface area contributed by atoms with Gasteiger partial charge in [0.25, 0.3) is 5.91 Å². The Bertz CT molecular complexity index is 1320. The first kappa shape index (κ1) is 21.5. The monoisotopic (exact) mass is 475 g/mol. The highest BCUT2D eigenvalue weighted by Gasteiger charge is 2.52. The fraction of sp³-hybridized carbons (Fsp3) is 0.346. The molecule has 2 fully saturated rings. The molecule has 3 aliphatic heterocycles. The molecule has 2 atom stereocenters. The van der Waals surface area contributed by atoms with Crippen LogP contribution in [0.4, 0.5) is 4.79 Å². The summed E-state index contributed by atoms with van der Waals surface area (Å²) in [5, 5.41) is 3.56. The Balaban J connectivity index is 1.21. The van der Waals surface area contributed by atoms with Crippen LogP contribution < -0.4 is 14.8 Å². The lowest BCUT2D eigenvalue weighted by Crippen LogP contribution is -2.44. The van der Waals surface area contributed by atoms with Crippen LogP contribution in [0.3, 0.4) is 0 Å². The summed E-state index contributed by atoms with van der Waals surface area (Å²) in [6.45, 7) is 2.83. The van der Waals surface area contributed by atoms with Gasteiger partial charge in [-0.3, -0.25) is 14.5 Å². The minimum atomic E-state index is -1.38. The first-order chi connectivity index (χ1) is 16.9. The van der Waals surface area contributed by atoms with Crippen molar-refractivity contribution >= 4 is 28.8 Å². The molecule has 180 valence electrons. The molecule has 4 amide bonds. The van der Waals surface area contributed by atoms with Gasteiger partial charge in [-0.1, -0.05) is 24.3 Å². The summed E-state index contributed by atoms with van der Waals surface area (Å²) in [6.07, 6.45) is 1.63. The first-order valence-electron chi connectivity index (χ1n) is 11.8. The van der Waals surface area contributed by atoms with Crippen molar-refractivity contribution < 1.29 is 28.3 Å². The third-order valence-corrected chi connectivity index (χ3v) is 7.01. The van der Waals surface area contributed by atoms with E-state index in [2.05, 4.69) is 5.32 Å². The van der Waals surface area contributed by atoms with Crippen LogP contribution >= 0.6 is 0 Å². The van der Waals surface area contributed by atoms with Crippen LogP contribution in [0.15, 0.2) is 52.9 Å². The molecule has 2 aromatic carbocycles. The van der Waals surface area contributed by atoms with Gasteiger partial charge in [-0.05, 0) is 49.6 Å². The van der Waals surface area contributed by atoms with Gasteiger partial charge in [0, 0.05) is 11.9 Å². The van der Waals surface area contributed by atoms with Crippen LogP contribution in [0.5, 0.6) is 11.5 Å². The van der Waals surface area contributed by atoms with E-state index in [0.717, 1.165) is 28.7 Å². The van der Waals surface area contributed by atoms with Gasteiger partial charge in [-0.2, -0.15) is 0 Å². The number of rotatable bonds is 4. The summed E-state index contributed by atoms with van der Waals surface area (Å²) in [6, 6.07) is 14.1. The molecule has 6 rings (SSSR count). The Hall–Kier alpha value is -4.01. The van der Waals surface area contributed by atoms with Crippen LogP contribution in [0.1, 0.15) is 37.1 Å². The van der Waals surface area contributed by atoms with Gasteiger partial charge in [0.2, 0.25) is 5.91 Å². The minimum absolute atomic E-state index is 0.152. The van der Waals surface area contributed by atoms with Crippen LogP contribution in [-0.4, -0.2) is 53.9 Å². The number of urea groups is 1. The summed E-state index contributed by atoms with van der Waals surface area (Å²) in [7, 11) is 0. The number of carbonyl (C=O) groups is 3. The van der Waals surface area contributed by atoms with Crippen molar-refractivity contribution in [2.45, 2.75) is 31.3 Å². The summed E-state index contributed by atoms with van der Waals surface area (Å²) in [5.74, 6) is 0.913. The number of imide groups is 1. The third-order valence-electron chi connectivity index (χ3n) is 7.01. The standard InChI is InChI=1S/C26H25N3O6/c1-26(22-14-17-5-2-3-7-19(17)35-22)24(31)29(25(32)27-26)15-23(30)28-10-4-6-18(28)16-8-9-20-21(13-16)34-12-11-33-20/h2-3,5,7-9,13-14,18H,4,6,10-12,15H2,1H3,(H,27,32)/t18-,26-/m0/s1. The highest BCUT2D eigenvalue weighted by Crippen LogP contribution is 2.39. The highest BCUT2D eigenvalue weighted by molar-refractivity contribution is 6.09. The predicted molar refractivity (Wildman–Crippen MR) is 125 cm³/mol. The molecule has 0 aliphatic carbocycles. The number of para-hydroxylation sites is 1. The number of likely N-dealkylation sites (tertiary alicyclic amines) is 1. The molecule has 1 N–H and O–H groups in total. The average molecular weight is 476 g/mol. The number of ether oxygens (including phenoxy) is 2. The van der Waals surface area contributed by atoms with Gasteiger partial charge in [0.15, 0.2) is 17.0 Å². The van der Waals surface area contributed by atoms with Gasteiger partial charge in [0.05, 0.1) is 6.04 Å². The Morgan fingerprint density at radius 1 is 1.09 bits per heavy atom. The molecule has 9 nitrogen and oxygen atoms in total. The minimum Gasteiger partial charge on any atom is -0.486 e. The molecule has 35 heavy (non-hydrogen) atoms. The second-order valence-electron chi connectivity index (χ2n) is 9.24. The summed E-state index contributed by atoms with van der Waals surface area (Å²) < 4.78 is 17.2. The van der Waals surface area contributed by atoms with Crippen molar-refractivity contribution in [1.82, 2.24) is 15.1 Å². The normalized spacial score (nSPS) is 23.7. The zero-order chi connectivity index (χ0) is 24.2. The number of furan rings is 1. The average Bonchev–Trinajstić information content (AvgIpc) is 3.58. The van der Waals surface area contributed by atoms with E-state index in [0.29, 0.717) is 42.6 Å². The Kier molecular flexibility index (Phi) is 4.94. The fourth-order valence-corrected chi connectivity index (χ4v) is 5.14. The number of nitrogens with one attached hydrogen (secondary N) is 1. The van der Waals surface area contributed by atoms with Gasteiger partial charge in [-0.25, -0.2) is 4.79 Å². The number of hydrogen-bond donors (Lipinski definition) is 1. The van der Waals surface area contributed by atoms with E-state index in [4.69, 9.17) is 13.9 Å². The van der Waals surface area contributed by atoms with Crippen LogP contribution in [0, 0.1) is 0 Å². The van der Waals surface area contributed by atoms with E-state index in [1.165, 1.54) is 0 Å². The number of nitrogens with zero attached hydrogens (tertiary/aromatic N) is 2. The van der Waals surface area contributed by atoms with Crippen molar-refractivity contribution in [3.8, 4) is 11.5 Å². The maximum atomic E-state index is 13.4. The van der Waals surface area contributed by atoms with E-state index >= 15 is 0 Å². The molecule has 1 aromatic heterocycles. The SMILES string of the molecule is C[C@@]1(c2cc3ccccc3o2)NC(=O)N(CC(=O)N2CCC[C@H]2c2ccc3c(c2)OCCO3)C1=O.